The molecule has 0 aromatic heterocycles. The maximum atomic E-state index is 13.7. The lowest BCUT2D eigenvalue weighted by Gasteiger charge is -2.48. The number of hydrogen-bond acceptors (Lipinski definition) is 9. The van der Waals surface area contributed by atoms with Crippen molar-refractivity contribution in [1.29, 1.82) is 0 Å². The summed E-state index contributed by atoms with van der Waals surface area (Å²) in [6.45, 7) is -0.462. The molecule has 5 aromatic rings. The minimum absolute atomic E-state index is 0.123. The molecule has 5 aromatic carbocycles. The summed E-state index contributed by atoms with van der Waals surface area (Å²) in [5.41, 5.74) is 11.7. The molecule has 1 amide bonds. The largest absolute Gasteiger partial charge is 0.489 e. The van der Waals surface area contributed by atoms with Crippen molar-refractivity contribution < 1.29 is 49.0 Å². The molecule has 1 saturated heterocycles. The number of carbonyl (C=O) groups is 1. The quantitative estimate of drug-likeness (QED) is 0.0660. The van der Waals surface area contributed by atoms with Crippen molar-refractivity contribution >= 4 is 11.6 Å². The first kappa shape index (κ1) is 40.6. The zero-order valence-corrected chi connectivity index (χ0v) is 30.5. The molecule has 0 spiro atoms. The molecule has 6 rings (SSSR count). The molecule has 8 atom stereocenters. The summed E-state index contributed by atoms with van der Waals surface area (Å²) in [6, 6.07) is 33.0. The van der Waals surface area contributed by atoms with Gasteiger partial charge in [0.2, 0.25) is 5.91 Å². The molecule has 8 unspecified atom stereocenters. The number of aliphatic hydroxyl groups excluding tert-OH is 6. The Labute approximate surface area is 323 Å². The Kier molecular flexibility index (Phi) is 13.2. The highest BCUT2D eigenvalue weighted by Gasteiger charge is 2.48. The third kappa shape index (κ3) is 9.48. The molecular weight excluding hydrogens is 722 g/mol. The number of amides is 1. The summed E-state index contributed by atoms with van der Waals surface area (Å²) >= 11 is 0. The second-order valence-corrected chi connectivity index (χ2v) is 14.2. The van der Waals surface area contributed by atoms with E-state index in [0.717, 1.165) is 27.8 Å². The van der Waals surface area contributed by atoms with E-state index in [4.69, 9.17) is 15.6 Å². The number of hydrogen-bond donors (Lipinski definition) is 7. The van der Waals surface area contributed by atoms with Crippen LogP contribution in [0.25, 0.3) is 11.1 Å². The van der Waals surface area contributed by atoms with E-state index in [1.165, 1.54) is 36.4 Å². The number of halogens is 2. The van der Waals surface area contributed by atoms with Gasteiger partial charge in [0.05, 0.1) is 30.8 Å². The highest BCUT2D eigenvalue weighted by molar-refractivity contribution is 6.03. The summed E-state index contributed by atoms with van der Waals surface area (Å²) in [6.07, 6.45) is -6.55. The lowest BCUT2D eigenvalue weighted by molar-refractivity contribution is -0.131. The molecule has 294 valence electrons. The molecule has 12 heteroatoms. The van der Waals surface area contributed by atoms with Crippen molar-refractivity contribution in [1.82, 2.24) is 0 Å². The zero-order valence-electron chi connectivity index (χ0n) is 30.5. The highest BCUT2D eigenvalue weighted by Crippen LogP contribution is 2.46. The van der Waals surface area contributed by atoms with E-state index in [0.29, 0.717) is 36.4 Å². The Hall–Kier alpha value is -5.05. The fourth-order valence-electron chi connectivity index (χ4n) is 7.03. The van der Waals surface area contributed by atoms with E-state index in [1.807, 2.05) is 72.8 Å². The van der Waals surface area contributed by atoms with Gasteiger partial charge >= 0.3 is 0 Å². The number of β-lactam (4-membered cyclic amide) rings is 1. The van der Waals surface area contributed by atoms with E-state index in [2.05, 4.69) is 0 Å². The fourth-order valence-corrected chi connectivity index (χ4v) is 7.03. The highest BCUT2D eigenvalue weighted by atomic mass is 19.1. The summed E-state index contributed by atoms with van der Waals surface area (Å²) < 4.78 is 33.2. The summed E-state index contributed by atoms with van der Waals surface area (Å²) in [5.74, 6) is -0.711. The Morgan fingerprint density at radius 3 is 1.80 bits per heavy atom. The number of nitrogens with two attached hydrogens (primary N) is 1. The number of nitrogens with zero attached hydrogens (tertiary/aromatic N) is 1. The monoisotopic (exact) mass is 768 g/mol. The smallest absolute Gasteiger partial charge is 0.233 e. The zero-order chi connectivity index (χ0) is 39.9. The third-order valence-electron chi connectivity index (χ3n) is 10.4. The lowest BCUT2D eigenvalue weighted by atomic mass is 9.78. The molecule has 1 aliphatic heterocycles. The molecule has 1 aliphatic rings. The van der Waals surface area contributed by atoms with Crippen molar-refractivity contribution in [3.05, 3.63) is 155 Å². The molecule has 1 heterocycles. The van der Waals surface area contributed by atoms with Crippen molar-refractivity contribution in [3.8, 4) is 16.9 Å². The van der Waals surface area contributed by atoms with Gasteiger partial charge in [0.25, 0.3) is 0 Å². The number of ether oxygens (including phenoxy) is 1. The van der Waals surface area contributed by atoms with E-state index >= 15 is 0 Å². The second-order valence-electron chi connectivity index (χ2n) is 14.2. The Balaban J connectivity index is 1.05. The Morgan fingerprint density at radius 2 is 1.23 bits per heavy atom. The van der Waals surface area contributed by atoms with Gasteiger partial charge < -0.3 is 46.0 Å². The Bertz CT molecular complexity index is 2020. The van der Waals surface area contributed by atoms with E-state index < -0.39 is 60.7 Å². The van der Waals surface area contributed by atoms with Crippen LogP contribution in [-0.2, 0) is 17.8 Å². The van der Waals surface area contributed by atoms with Gasteiger partial charge in [0, 0.05) is 11.7 Å². The fraction of sp³-hybridized carbons (Fsp3) is 0.295. The van der Waals surface area contributed by atoms with Crippen LogP contribution in [0, 0.1) is 17.6 Å². The number of rotatable bonds is 17. The van der Waals surface area contributed by atoms with Crippen LogP contribution in [0.3, 0.4) is 0 Å². The van der Waals surface area contributed by atoms with Gasteiger partial charge in [-0.25, -0.2) is 8.78 Å². The maximum Gasteiger partial charge on any atom is 0.233 e. The molecule has 56 heavy (non-hydrogen) atoms. The van der Waals surface area contributed by atoms with Gasteiger partial charge in [-0.2, -0.15) is 0 Å². The molecule has 1 fully saturated rings. The minimum Gasteiger partial charge on any atom is -0.489 e. The van der Waals surface area contributed by atoms with Gasteiger partial charge in [-0.15, -0.1) is 0 Å². The van der Waals surface area contributed by atoms with Crippen molar-refractivity contribution in [2.24, 2.45) is 11.7 Å². The van der Waals surface area contributed by atoms with Crippen LogP contribution < -0.4 is 15.4 Å². The van der Waals surface area contributed by atoms with Crippen LogP contribution in [0.15, 0.2) is 121 Å². The van der Waals surface area contributed by atoms with Crippen LogP contribution in [0.5, 0.6) is 5.75 Å². The standard InChI is InChI=1S/C44H46F2N2O8/c45-32-13-9-30(10-14-32)38(50)22-21-36-40(48(44(36)55)34-17-15-33(46)16-18-34)31-11-19-35(20-12-31)56-25-27-3-7-29(8-4-27)28-5-1-26(2-6-28)23-37(47)41(52)43(54)42(53)39(51)24-49/h1-20,36-43,49-54H,21-25,47H2. The average molecular weight is 769 g/mol. The summed E-state index contributed by atoms with van der Waals surface area (Å²) in [4.78, 5) is 15.1. The number of carbonyl (C=O) groups excluding carboxylic acids is 1. The molecule has 10 nitrogen and oxygen atoms in total. The van der Waals surface area contributed by atoms with Crippen molar-refractivity contribution in [2.75, 3.05) is 11.5 Å². The van der Waals surface area contributed by atoms with E-state index in [1.54, 1.807) is 17.0 Å². The Morgan fingerprint density at radius 1 is 0.679 bits per heavy atom. The van der Waals surface area contributed by atoms with Gasteiger partial charge in [-0.1, -0.05) is 72.8 Å². The van der Waals surface area contributed by atoms with Gasteiger partial charge in [0.15, 0.2) is 0 Å². The number of anilines is 1. The van der Waals surface area contributed by atoms with Crippen molar-refractivity contribution in [2.45, 2.75) is 68.5 Å². The summed E-state index contributed by atoms with van der Waals surface area (Å²) in [7, 11) is 0. The van der Waals surface area contributed by atoms with Crippen LogP contribution in [0.1, 0.15) is 47.2 Å². The molecule has 0 radical (unpaired) electrons. The van der Waals surface area contributed by atoms with E-state index in [-0.39, 0.29) is 18.4 Å². The molecular formula is C44H46F2N2O8. The molecule has 0 aliphatic carbocycles. The number of benzene rings is 5. The van der Waals surface area contributed by atoms with Gasteiger partial charge in [-0.3, -0.25) is 4.79 Å². The van der Waals surface area contributed by atoms with Crippen LogP contribution >= 0.6 is 0 Å². The predicted octanol–water partition coefficient (Wildman–Crippen LogP) is 4.73. The first-order chi connectivity index (χ1) is 26.9. The third-order valence-corrected chi connectivity index (χ3v) is 10.4. The van der Waals surface area contributed by atoms with Gasteiger partial charge in [-0.05, 0) is 101 Å². The molecule has 8 N–H and O–H groups in total. The molecule has 0 bridgehead atoms. The average Bonchev–Trinajstić information content (AvgIpc) is 3.22. The summed E-state index contributed by atoms with van der Waals surface area (Å²) in [5, 5.41) is 59.7. The normalized spacial score (nSPS) is 18.7. The first-order valence-corrected chi connectivity index (χ1v) is 18.5. The maximum absolute atomic E-state index is 13.7. The predicted molar refractivity (Wildman–Crippen MR) is 206 cm³/mol. The first-order valence-electron chi connectivity index (χ1n) is 18.5. The van der Waals surface area contributed by atoms with Crippen LogP contribution in [-0.4, -0.2) is 73.6 Å². The van der Waals surface area contributed by atoms with E-state index in [9.17, 15) is 39.1 Å². The SMILES string of the molecule is NC(Cc1ccc(-c2ccc(COc3ccc(C4C(CCC(O)c5ccc(F)cc5)C(=O)N4c4ccc(F)cc4)cc3)cc2)cc1)C(O)C(O)C(O)C(O)CO. The topological polar surface area (TPSA) is 177 Å². The minimum atomic E-state index is -1.74. The van der Waals surface area contributed by atoms with Crippen LogP contribution in [0.2, 0.25) is 0 Å². The van der Waals surface area contributed by atoms with Gasteiger partial charge in [0.1, 0.15) is 42.3 Å². The number of aliphatic hydroxyl groups is 6. The molecule has 0 saturated carbocycles. The van der Waals surface area contributed by atoms with Crippen molar-refractivity contribution in [3.63, 3.8) is 0 Å². The second kappa shape index (κ2) is 18.3. The lowest BCUT2D eigenvalue weighted by Crippen LogP contribution is -2.55. The van der Waals surface area contributed by atoms with Crippen LogP contribution in [0.4, 0.5) is 14.5 Å².